The van der Waals surface area contributed by atoms with Gasteiger partial charge in [0.1, 0.15) is 11.4 Å². The van der Waals surface area contributed by atoms with Crippen LogP contribution in [0, 0.1) is 0 Å². The van der Waals surface area contributed by atoms with E-state index in [1.54, 1.807) is 0 Å². The van der Waals surface area contributed by atoms with Gasteiger partial charge < -0.3 is 14.7 Å². The lowest BCUT2D eigenvalue weighted by molar-refractivity contribution is 0.0615. The Hall–Kier alpha value is -1.59. The minimum Gasteiger partial charge on any atom is -0.488 e. The van der Waals surface area contributed by atoms with Gasteiger partial charge in [-0.25, -0.2) is 0 Å². The van der Waals surface area contributed by atoms with Crippen LogP contribution in [0.5, 0.6) is 5.75 Å². The number of aliphatic hydroxyl groups excluding tert-OH is 1. The van der Waals surface area contributed by atoms with Gasteiger partial charge in [0.25, 0.3) is 5.91 Å². The Balaban J connectivity index is 1.93. The Morgan fingerprint density at radius 1 is 1.14 bits per heavy atom. The van der Waals surface area contributed by atoms with Crippen LogP contribution in [0.3, 0.4) is 0 Å². The summed E-state index contributed by atoms with van der Waals surface area (Å²) < 4.78 is 5.77. The number of hydrogen-bond acceptors (Lipinski definition) is 4. The molecule has 0 atom stereocenters. The molecule has 0 spiro atoms. The third-order valence-corrected chi connectivity index (χ3v) is 3.60. The van der Waals surface area contributed by atoms with E-state index >= 15 is 0 Å². The molecule has 122 valence electrons. The molecule has 2 rings (SSSR count). The summed E-state index contributed by atoms with van der Waals surface area (Å²) in [5.74, 6) is 0.836. The maximum atomic E-state index is 12.5. The van der Waals surface area contributed by atoms with Gasteiger partial charge in [0, 0.05) is 38.3 Å². The molecule has 0 radical (unpaired) electrons. The van der Waals surface area contributed by atoms with E-state index in [-0.39, 0.29) is 18.1 Å². The van der Waals surface area contributed by atoms with Crippen LogP contribution in [0.2, 0.25) is 0 Å². The quantitative estimate of drug-likeness (QED) is 0.918. The van der Waals surface area contributed by atoms with Crippen LogP contribution < -0.4 is 4.74 Å². The van der Waals surface area contributed by atoms with E-state index in [2.05, 4.69) is 4.90 Å². The molecule has 0 bridgehead atoms. The van der Waals surface area contributed by atoms with Crippen molar-refractivity contribution >= 4 is 5.91 Å². The first-order valence-electron chi connectivity index (χ1n) is 7.80. The van der Waals surface area contributed by atoms with Crippen molar-refractivity contribution in [3.8, 4) is 5.75 Å². The Kier molecular flexibility index (Phi) is 5.42. The van der Waals surface area contributed by atoms with Gasteiger partial charge in [-0.3, -0.25) is 9.69 Å². The molecule has 0 saturated carbocycles. The highest BCUT2D eigenvalue weighted by molar-refractivity contribution is 5.94. The molecule has 1 fully saturated rings. The van der Waals surface area contributed by atoms with E-state index in [0.717, 1.165) is 18.8 Å². The minimum atomic E-state index is -0.242. The van der Waals surface area contributed by atoms with Crippen molar-refractivity contribution in [2.75, 3.05) is 39.3 Å². The SMILES string of the molecule is CC(C)(C)Oc1ccc(C(=O)N2CCN(CCO)CC2)cc1. The van der Waals surface area contributed by atoms with Crippen molar-refractivity contribution < 1.29 is 14.6 Å². The van der Waals surface area contributed by atoms with Crippen molar-refractivity contribution in [2.24, 2.45) is 0 Å². The Morgan fingerprint density at radius 3 is 2.23 bits per heavy atom. The normalized spacial score (nSPS) is 16.6. The smallest absolute Gasteiger partial charge is 0.253 e. The third kappa shape index (κ3) is 4.71. The molecular weight excluding hydrogens is 280 g/mol. The summed E-state index contributed by atoms with van der Waals surface area (Å²) in [4.78, 5) is 16.5. The highest BCUT2D eigenvalue weighted by Gasteiger charge is 2.22. The van der Waals surface area contributed by atoms with Crippen LogP contribution in [0.25, 0.3) is 0 Å². The summed E-state index contributed by atoms with van der Waals surface area (Å²) in [5, 5.41) is 8.94. The number of piperazine rings is 1. The lowest BCUT2D eigenvalue weighted by Gasteiger charge is -2.34. The molecule has 5 nitrogen and oxygen atoms in total. The Labute approximate surface area is 132 Å². The van der Waals surface area contributed by atoms with Gasteiger partial charge in [0.2, 0.25) is 0 Å². The highest BCUT2D eigenvalue weighted by Crippen LogP contribution is 2.19. The van der Waals surface area contributed by atoms with Crippen molar-refractivity contribution in [3.05, 3.63) is 29.8 Å². The number of carbonyl (C=O) groups is 1. The zero-order chi connectivity index (χ0) is 16.2. The topological polar surface area (TPSA) is 53.0 Å². The number of β-amino-alcohol motifs (C(OH)–C–C–N with tert-alkyl or cyclic N) is 1. The second kappa shape index (κ2) is 7.11. The molecule has 5 heteroatoms. The van der Waals surface area contributed by atoms with Crippen molar-refractivity contribution in [1.29, 1.82) is 0 Å². The summed E-state index contributed by atoms with van der Waals surface area (Å²) in [5.41, 5.74) is 0.450. The van der Waals surface area contributed by atoms with Crippen molar-refractivity contribution in [3.63, 3.8) is 0 Å². The summed E-state index contributed by atoms with van der Waals surface area (Å²) >= 11 is 0. The van der Waals surface area contributed by atoms with Crippen LogP contribution in [0.4, 0.5) is 0 Å². The van der Waals surface area contributed by atoms with Gasteiger partial charge >= 0.3 is 0 Å². The summed E-state index contributed by atoms with van der Waals surface area (Å²) in [7, 11) is 0. The molecule has 1 aromatic carbocycles. The molecule has 1 aliphatic rings. The lowest BCUT2D eigenvalue weighted by Crippen LogP contribution is -2.49. The molecule has 0 aliphatic carbocycles. The predicted octanol–water partition coefficient (Wildman–Crippen LogP) is 1.61. The fourth-order valence-corrected chi connectivity index (χ4v) is 2.52. The summed E-state index contributed by atoms with van der Waals surface area (Å²) in [6.07, 6.45) is 0. The maximum Gasteiger partial charge on any atom is 0.253 e. The van der Waals surface area contributed by atoms with Crippen LogP contribution in [-0.2, 0) is 0 Å². The Morgan fingerprint density at radius 2 is 1.73 bits per heavy atom. The molecule has 22 heavy (non-hydrogen) atoms. The van der Waals surface area contributed by atoms with Crippen molar-refractivity contribution in [2.45, 2.75) is 26.4 Å². The molecule has 1 N–H and O–H groups in total. The van der Waals surface area contributed by atoms with Crippen LogP contribution in [-0.4, -0.2) is 65.7 Å². The first kappa shape index (κ1) is 16.8. The summed E-state index contributed by atoms with van der Waals surface area (Å²) in [6, 6.07) is 7.34. The molecule has 1 amide bonds. The average Bonchev–Trinajstić information content (AvgIpc) is 2.47. The van der Waals surface area contributed by atoms with Gasteiger partial charge in [-0.15, -0.1) is 0 Å². The minimum absolute atomic E-state index is 0.0611. The van der Waals surface area contributed by atoms with Gasteiger partial charge in [0.15, 0.2) is 0 Å². The molecule has 1 heterocycles. The zero-order valence-electron chi connectivity index (χ0n) is 13.7. The fraction of sp³-hybridized carbons (Fsp3) is 0.588. The lowest BCUT2D eigenvalue weighted by atomic mass is 10.1. The Bertz CT molecular complexity index is 486. The van der Waals surface area contributed by atoms with Crippen LogP contribution in [0.15, 0.2) is 24.3 Å². The van der Waals surface area contributed by atoms with Crippen LogP contribution >= 0.6 is 0 Å². The molecule has 1 aliphatic heterocycles. The number of hydrogen-bond donors (Lipinski definition) is 1. The third-order valence-electron chi connectivity index (χ3n) is 3.60. The standard InChI is InChI=1S/C17H26N2O3/c1-17(2,3)22-15-6-4-14(5-7-15)16(21)19-10-8-18(9-11-19)12-13-20/h4-7,20H,8-13H2,1-3H3. The van der Waals surface area contributed by atoms with E-state index in [4.69, 9.17) is 9.84 Å². The maximum absolute atomic E-state index is 12.5. The van der Waals surface area contributed by atoms with E-state index in [1.807, 2.05) is 49.9 Å². The number of nitrogens with zero attached hydrogens (tertiary/aromatic N) is 2. The number of ether oxygens (including phenoxy) is 1. The largest absolute Gasteiger partial charge is 0.488 e. The van der Waals surface area contributed by atoms with Gasteiger partial charge in [-0.2, -0.15) is 0 Å². The number of carbonyl (C=O) groups excluding carboxylic acids is 1. The number of benzene rings is 1. The van der Waals surface area contributed by atoms with Crippen LogP contribution in [0.1, 0.15) is 31.1 Å². The van der Waals surface area contributed by atoms with E-state index in [9.17, 15) is 4.79 Å². The predicted molar refractivity (Wildman–Crippen MR) is 86.3 cm³/mol. The first-order chi connectivity index (χ1) is 10.4. The number of amides is 1. The molecule has 1 aromatic rings. The molecular formula is C17H26N2O3. The zero-order valence-corrected chi connectivity index (χ0v) is 13.7. The second-order valence-electron chi connectivity index (χ2n) is 6.60. The number of aliphatic hydroxyl groups is 1. The summed E-state index contributed by atoms with van der Waals surface area (Å²) in [6.45, 7) is 9.89. The number of rotatable bonds is 4. The van der Waals surface area contributed by atoms with Gasteiger partial charge in [-0.05, 0) is 45.0 Å². The monoisotopic (exact) mass is 306 g/mol. The van der Waals surface area contributed by atoms with E-state index in [1.165, 1.54) is 0 Å². The fourth-order valence-electron chi connectivity index (χ4n) is 2.52. The van der Waals surface area contributed by atoms with Gasteiger partial charge in [0.05, 0.1) is 6.61 Å². The molecule has 0 unspecified atom stereocenters. The van der Waals surface area contributed by atoms with E-state index < -0.39 is 0 Å². The second-order valence-corrected chi connectivity index (χ2v) is 6.60. The van der Waals surface area contributed by atoms with Gasteiger partial charge in [-0.1, -0.05) is 0 Å². The first-order valence-corrected chi connectivity index (χ1v) is 7.80. The van der Waals surface area contributed by atoms with Crippen molar-refractivity contribution in [1.82, 2.24) is 9.80 Å². The molecule has 1 saturated heterocycles. The molecule has 0 aromatic heterocycles. The van der Waals surface area contributed by atoms with E-state index in [0.29, 0.717) is 25.2 Å². The highest BCUT2D eigenvalue weighted by atomic mass is 16.5. The average molecular weight is 306 g/mol.